The first-order chi connectivity index (χ1) is 8.94. The van der Waals surface area contributed by atoms with Gasteiger partial charge in [0.05, 0.1) is 12.5 Å². The van der Waals surface area contributed by atoms with E-state index in [-0.39, 0.29) is 12.8 Å². The van der Waals surface area contributed by atoms with Crippen molar-refractivity contribution in [1.29, 1.82) is 0 Å². The van der Waals surface area contributed by atoms with Gasteiger partial charge in [0, 0.05) is 18.3 Å². The van der Waals surface area contributed by atoms with E-state index in [0.717, 1.165) is 22.7 Å². The maximum atomic E-state index is 11.6. The van der Waals surface area contributed by atoms with Crippen LogP contribution in [0.1, 0.15) is 19.4 Å². The van der Waals surface area contributed by atoms with E-state index in [1.165, 1.54) is 7.11 Å². The Labute approximate surface area is 112 Å². The van der Waals surface area contributed by atoms with Gasteiger partial charge in [-0.05, 0) is 32.4 Å². The van der Waals surface area contributed by atoms with Gasteiger partial charge in [-0.1, -0.05) is 0 Å². The van der Waals surface area contributed by atoms with Crippen LogP contribution in [-0.2, 0) is 9.53 Å². The molecule has 0 aromatic heterocycles. The van der Waals surface area contributed by atoms with Gasteiger partial charge in [0.15, 0.2) is 11.5 Å². The number of hydrogen-bond acceptors (Lipinski definition) is 5. The van der Waals surface area contributed by atoms with Crippen molar-refractivity contribution >= 4 is 11.7 Å². The molecule has 5 nitrogen and oxygen atoms in total. The highest BCUT2D eigenvalue weighted by atomic mass is 16.7. The van der Waals surface area contributed by atoms with Crippen molar-refractivity contribution in [3.63, 3.8) is 0 Å². The van der Waals surface area contributed by atoms with Gasteiger partial charge in [0.2, 0.25) is 6.79 Å². The average Bonchev–Trinajstić information content (AvgIpc) is 2.81. The first-order valence-electron chi connectivity index (χ1n) is 6.16. The normalized spacial score (nSPS) is 13.3. The summed E-state index contributed by atoms with van der Waals surface area (Å²) in [5, 5.41) is 3.26. The van der Waals surface area contributed by atoms with E-state index in [4.69, 9.17) is 14.2 Å². The molecule has 0 spiro atoms. The summed E-state index contributed by atoms with van der Waals surface area (Å²) in [7, 11) is 1.40. The van der Waals surface area contributed by atoms with Gasteiger partial charge in [0.1, 0.15) is 0 Å². The molecule has 5 heteroatoms. The fourth-order valence-corrected chi connectivity index (χ4v) is 1.90. The summed E-state index contributed by atoms with van der Waals surface area (Å²) in [4.78, 5) is 11.6. The third kappa shape index (κ3) is 2.75. The van der Waals surface area contributed by atoms with Crippen molar-refractivity contribution in [3.05, 3.63) is 17.7 Å². The van der Waals surface area contributed by atoms with Crippen LogP contribution < -0.4 is 14.8 Å². The number of carbonyl (C=O) groups is 1. The molecule has 0 aliphatic carbocycles. The zero-order chi connectivity index (χ0) is 14.0. The SMILES string of the molecule is COC(=O)C(C)(C)CNc1cc2c(cc1C)OCO2. The number of fused-ring (bicyclic) bond motifs is 1. The predicted molar refractivity (Wildman–Crippen MR) is 71.6 cm³/mol. The third-order valence-corrected chi connectivity index (χ3v) is 3.18. The van der Waals surface area contributed by atoms with Gasteiger partial charge < -0.3 is 19.5 Å². The van der Waals surface area contributed by atoms with Crippen molar-refractivity contribution < 1.29 is 19.0 Å². The Balaban J connectivity index is 2.10. The quantitative estimate of drug-likeness (QED) is 0.847. The molecule has 0 atom stereocenters. The maximum Gasteiger partial charge on any atom is 0.313 e. The summed E-state index contributed by atoms with van der Waals surface area (Å²) in [6.07, 6.45) is 0. The zero-order valence-electron chi connectivity index (χ0n) is 11.7. The highest BCUT2D eigenvalue weighted by molar-refractivity contribution is 5.76. The first kappa shape index (κ1) is 13.5. The Bertz CT molecular complexity index is 496. The molecule has 1 aliphatic heterocycles. The van der Waals surface area contributed by atoms with E-state index in [1.54, 1.807) is 0 Å². The second-order valence-corrected chi connectivity index (χ2v) is 5.25. The van der Waals surface area contributed by atoms with Crippen molar-refractivity contribution in [1.82, 2.24) is 0 Å². The van der Waals surface area contributed by atoms with Crippen molar-refractivity contribution in [2.45, 2.75) is 20.8 Å². The lowest BCUT2D eigenvalue weighted by Crippen LogP contribution is -2.33. The molecule has 0 amide bonds. The largest absolute Gasteiger partial charge is 0.469 e. The first-order valence-corrected chi connectivity index (χ1v) is 6.16. The van der Waals surface area contributed by atoms with Crippen LogP contribution in [0.15, 0.2) is 12.1 Å². The van der Waals surface area contributed by atoms with Crippen LogP contribution in [0.3, 0.4) is 0 Å². The molecule has 1 N–H and O–H groups in total. The van der Waals surface area contributed by atoms with Gasteiger partial charge in [-0.15, -0.1) is 0 Å². The standard InChI is InChI=1S/C14H19NO4/c1-9-5-11-12(19-8-18-11)6-10(9)15-7-14(2,3)13(16)17-4/h5-6,15H,7-8H2,1-4H3. The molecule has 0 radical (unpaired) electrons. The summed E-state index contributed by atoms with van der Waals surface area (Å²) >= 11 is 0. The minimum atomic E-state index is -0.586. The van der Waals surface area contributed by atoms with Crippen molar-refractivity contribution in [2.75, 3.05) is 25.8 Å². The summed E-state index contributed by atoms with van der Waals surface area (Å²) in [5.41, 5.74) is 1.39. The zero-order valence-corrected chi connectivity index (χ0v) is 11.7. The number of nitrogens with one attached hydrogen (secondary N) is 1. The number of esters is 1. The van der Waals surface area contributed by atoms with E-state index < -0.39 is 5.41 Å². The van der Waals surface area contributed by atoms with E-state index in [2.05, 4.69) is 5.32 Å². The van der Waals surface area contributed by atoms with Crippen LogP contribution in [0.5, 0.6) is 11.5 Å². The number of hydrogen-bond donors (Lipinski definition) is 1. The number of methoxy groups -OCH3 is 1. The fraction of sp³-hybridized carbons (Fsp3) is 0.500. The molecule has 1 aromatic rings. The Kier molecular flexibility index (Phi) is 3.55. The van der Waals surface area contributed by atoms with Gasteiger partial charge in [0.25, 0.3) is 0 Å². The molecule has 19 heavy (non-hydrogen) atoms. The van der Waals surface area contributed by atoms with Gasteiger partial charge >= 0.3 is 5.97 Å². The minimum Gasteiger partial charge on any atom is -0.469 e. The minimum absolute atomic E-state index is 0.238. The lowest BCUT2D eigenvalue weighted by Gasteiger charge is -2.23. The number of aryl methyl sites for hydroxylation is 1. The van der Waals surface area contributed by atoms with E-state index in [1.807, 2.05) is 32.9 Å². The molecular weight excluding hydrogens is 246 g/mol. The van der Waals surface area contributed by atoms with Crippen molar-refractivity contribution in [3.8, 4) is 11.5 Å². The molecule has 1 heterocycles. The Morgan fingerprint density at radius 2 is 2.00 bits per heavy atom. The van der Waals surface area contributed by atoms with Crippen LogP contribution in [0, 0.1) is 12.3 Å². The smallest absolute Gasteiger partial charge is 0.313 e. The monoisotopic (exact) mass is 265 g/mol. The summed E-state index contributed by atoms with van der Waals surface area (Å²) < 4.78 is 15.4. The van der Waals surface area contributed by atoms with Gasteiger partial charge in [-0.3, -0.25) is 4.79 Å². The maximum absolute atomic E-state index is 11.6. The van der Waals surface area contributed by atoms with Crippen LogP contribution >= 0.6 is 0 Å². The highest BCUT2D eigenvalue weighted by Gasteiger charge is 2.28. The number of anilines is 1. The topological polar surface area (TPSA) is 56.8 Å². The fourth-order valence-electron chi connectivity index (χ4n) is 1.90. The highest BCUT2D eigenvalue weighted by Crippen LogP contribution is 2.37. The molecule has 0 bridgehead atoms. The Hall–Kier alpha value is -1.91. The molecule has 0 saturated carbocycles. The van der Waals surface area contributed by atoms with Crippen LogP contribution in [-0.4, -0.2) is 26.4 Å². The van der Waals surface area contributed by atoms with Crippen LogP contribution in [0.25, 0.3) is 0 Å². The second-order valence-electron chi connectivity index (χ2n) is 5.25. The summed E-state index contributed by atoms with van der Waals surface area (Å²) in [6, 6.07) is 3.82. The molecule has 1 aromatic carbocycles. The summed E-state index contributed by atoms with van der Waals surface area (Å²) in [5.74, 6) is 1.25. The molecule has 0 saturated heterocycles. The second kappa shape index (κ2) is 4.99. The molecule has 0 fully saturated rings. The molecule has 1 aliphatic rings. The van der Waals surface area contributed by atoms with Crippen molar-refractivity contribution in [2.24, 2.45) is 5.41 Å². The third-order valence-electron chi connectivity index (χ3n) is 3.18. The molecule has 104 valence electrons. The average molecular weight is 265 g/mol. The van der Waals surface area contributed by atoms with E-state index in [0.29, 0.717) is 6.54 Å². The van der Waals surface area contributed by atoms with Crippen LogP contribution in [0.4, 0.5) is 5.69 Å². The number of carbonyl (C=O) groups excluding carboxylic acids is 1. The summed E-state index contributed by atoms with van der Waals surface area (Å²) in [6.45, 7) is 6.41. The molecule has 2 rings (SSSR count). The number of ether oxygens (including phenoxy) is 3. The van der Waals surface area contributed by atoms with Gasteiger partial charge in [-0.25, -0.2) is 0 Å². The number of rotatable bonds is 4. The van der Waals surface area contributed by atoms with Crippen LogP contribution in [0.2, 0.25) is 0 Å². The predicted octanol–water partition coefficient (Wildman–Crippen LogP) is 2.33. The van der Waals surface area contributed by atoms with E-state index >= 15 is 0 Å². The molecule has 0 unspecified atom stereocenters. The Morgan fingerprint density at radius 1 is 1.37 bits per heavy atom. The van der Waals surface area contributed by atoms with E-state index in [9.17, 15) is 4.79 Å². The lowest BCUT2D eigenvalue weighted by molar-refractivity contribution is -0.149. The number of benzene rings is 1. The van der Waals surface area contributed by atoms with Gasteiger partial charge in [-0.2, -0.15) is 0 Å². The Morgan fingerprint density at radius 3 is 2.63 bits per heavy atom. The lowest BCUT2D eigenvalue weighted by atomic mass is 9.93. The molecular formula is C14H19NO4.